The summed E-state index contributed by atoms with van der Waals surface area (Å²) in [6.45, 7) is 3.54. The molecule has 2 aliphatic rings. The standard InChI is InChI=1S/C24H27F3N2O2S/c1-3-32-28-22-19(29(14-24(22,26)27)23(30)20-10-11-31-20)13-17-8-5-9-18(21(17)25)16-7-4-6-15(2)12-16/h4-9,12,19-20,22,28H,3,10-11,13-14H2,1-2H3/t19-,20?,22+/m0/s1. The fourth-order valence-corrected chi connectivity index (χ4v) is 5.00. The van der Waals surface area contributed by atoms with Crippen LogP contribution in [0.4, 0.5) is 13.2 Å². The van der Waals surface area contributed by atoms with E-state index in [1.165, 1.54) is 16.8 Å². The van der Waals surface area contributed by atoms with Gasteiger partial charge in [0.05, 0.1) is 19.2 Å². The van der Waals surface area contributed by atoms with Crippen molar-refractivity contribution in [1.29, 1.82) is 0 Å². The molecule has 2 aromatic rings. The topological polar surface area (TPSA) is 41.6 Å². The van der Waals surface area contributed by atoms with Crippen molar-refractivity contribution in [1.82, 2.24) is 9.62 Å². The highest BCUT2D eigenvalue weighted by Crippen LogP contribution is 2.37. The van der Waals surface area contributed by atoms with Crippen molar-refractivity contribution in [2.24, 2.45) is 0 Å². The number of aryl methyl sites for hydroxylation is 1. The molecule has 4 rings (SSSR count). The molecule has 0 radical (unpaired) electrons. The van der Waals surface area contributed by atoms with Crippen molar-refractivity contribution in [2.45, 2.75) is 50.8 Å². The predicted molar refractivity (Wildman–Crippen MR) is 120 cm³/mol. The zero-order valence-corrected chi connectivity index (χ0v) is 18.9. The average Bonchev–Trinajstić information content (AvgIpc) is 2.96. The summed E-state index contributed by atoms with van der Waals surface area (Å²) < 4.78 is 53.6. The third-order valence-corrected chi connectivity index (χ3v) is 6.78. The molecule has 3 atom stereocenters. The minimum absolute atomic E-state index is 0.0124. The van der Waals surface area contributed by atoms with Crippen LogP contribution in [0, 0.1) is 12.7 Å². The number of rotatable bonds is 7. The fraction of sp³-hybridized carbons (Fsp3) is 0.458. The largest absolute Gasteiger partial charge is 0.368 e. The normalized spacial score (nSPS) is 24.4. The van der Waals surface area contributed by atoms with Gasteiger partial charge in [0, 0.05) is 17.7 Å². The minimum atomic E-state index is -3.13. The Labute approximate surface area is 190 Å². The van der Waals surface area contributed by atoms with Gasteiger partial charge in [-0.2, -0.15) is 0 Å². The van der Waals surface area contributed by atoms with Gasteiger partial charge in [0.15, 0.2) is 0 Å². The summed E-state index contributed by atoms with van der Waals surface area (Å²) in [5.74, 6) is -3.42. The number of likely N-dealkylation sites (tertiary alicyclic amines) is 1. The maximum absolute atomic E-state index is 15.5. The smallest absolute Gasteiger partial charge is 0.283 e. The second-order valence-electron chi connectivity index (χ2n) is 8.32. The van der Waals surface area contributed by atoms with E-state index < -0.39 is 42.4 Å². The first kappa shape index (κ1) is 23.1. The highest BCUT2D eigenvalue weighted by molar-refractivity contribution is 7.97. The van der Waals surface area contributed by atoms with E-state index >= 15 is 4.39 Å². The highest BCUT2D eigenvalue weighted by atomic mass is 32.2. The Kier molecular flexibility index (Phi) is 6.83. The van der Waals surface area contributed by atoms with Gasteiger partial charge in [-0.3, -0.25) is 9.52 Å². The van der Waals surface area contributed by atoms with E-state index in [1.54, 1.807) is 18.2 Å². The van der Waals surface area contributed by atoms with Crippen molar-refractivity contribution < 1.29 is 22.7 Å². The zero-order valence-electron chi connectivity index (χ0n) is 18.1. The van der Waals surface area contributed by atoms with Crippen LogP contribution in [0.1, 0.15) is 24.5 Å². The summed E-state index contributed by atoms with van der Waals surface area (Å²) in [6, 6.07) is 10.4. The lowest BCUT2D eigenvalue weighted by Crippen LogP contribution is -2.51. The number of carbonyl (C=O) groups is 1. The van der Waals surface area contributed by atoms with Gasteiger partial charge < -0.3 is 9.64 Å². The van der Waals surface area contributed by atoms with Crippen LogP contribution in [0.3, 0.4) is 0 Å². The SMILES string of the molecule is CCSN[C@@H]1[C@H](Cc2cccc(-c3cccc(C)c3)c2F)N(C(=O)C2CCO2)CC1(F)F. The molecule has 0 aromatic heterocycles. The number of benzene rings is 2. The molecule has 1 N–H and O–H groups in total. The minimum Gasteiger partial charge on any atom is -0.368 e. The molecule has 0 bridgehead atoms. The molecular weight excluding hydrogens is 437 g/mol. The lowest BCUT2D eigenvalue weighted by molar-refractivity contribution is -0.158. The van der Waals surface area contributed by atoms with Crippen LogP contribution in [0.5, 0.6) is 0 Å². The summed E-state index contributed by atoms with van der Waals surface area (Å²) >= 11 is 1.18. The lowest BCUT2D eigenvalue weighted by atomic mass is 9.94. The molecule has 32 heavy (non-hydrogen) atoms. The molecule has 4 nitrogen and oxygen atoms in total. The van der Waals surface area contributed by atoms with E-state index in [2.05, 4.69) is 4.72 Å². The number of halogens is 3. The van der Waals surface area contributed by atoms with Crippen LogP contribution in [0.2, 0.25) is 0 Å². The number of alkyl halides is 2. The van der Waals surface area contributed by atoms with Gasteiger partial charge in [-0.25, -0.2) is 13.2 Å². The van der Waals surface area contributed by atoms with E-state index in [0.717, 1.165) is 11.1 Å². The number of ether oxygens (including phenoxy) is 1. The Balaban J connectivity index is 1.67. The number of nitrogens with one attached hydrogen (secondary N) is 1. The Morgan fingerprint density at radius 1 is 1.28 bits per heavy atom. The third-order valence-electron chi connectivity index (χ3n) is 6.07. The van der Waals surface area contributed by atoms with Crippen LogP contribution < -0.4 is 4.72 Å². The van der Waals surface area contributed by atoms with Gasteiger partial charge in [0.2, 0.25) is 0 Å². The van der Waals surface area contributed by atoms with E-state index in [9.17, 15) is 13.6 Å². The number of carbonyl (C=O) groups excluding carboxylic acids is 1. The predicted octanol–water partition coefficient (Wildman–Crippen LogP) is 4.60. The molecule has 0 saturated carbocycles. The van der Waals surface area contributed by atoms with Crippen molar-refractivity contribution >= 4 is 17.9 Å². The van der Waals surface area contributed by atoms with Crippen molar-refractivity contribution in [3.63, 3.8) is 0 Å². The number of hydrogen-bond acceptors (Lipinski definition) is 4. The maximum atomic E-state index is 15.5. The van der Waals surface area contributed by atoms with Crippen molar-refractivity contribution in [3.8, 4) is 11.1 Å². The van der Waals surface area contributed by atoms with Crippen LogP contribution in [-0.4, -0.2) is 53.8 Å². The first-order valence-corrected chi connectivity index (χ1v) is 11.8. The van der Waals surface area contributed by atoms with Gasteiger partial charge in [-0.05, 0) is 24.5 Å². The van der Waals surface area contributed by atoms with Crippen molar-refractivity contribution in [2.75, 3.05) is 18.9 Å². The summed E-state index contributed by atoms with van der Waals surface area (Å²) in [6.07, 6.45) is -0.178. The van der Waals surface area contributed by atoms with Crippen LogP contribution in [0.15, 0.2) is 42.5 Å². The summed E-state index contributed by atoms with van der Waals surface area (Å²) in [4.78, 5) is 14.1. The Morgan fingerprint density at radius 3 is 2.69 bits per heavy atom. The summed E-state index contributed by atoms with van der Waals surface area (Å²) in [5, 5.41) is 0. The Bertz CT molecular complexity index is 983. The van der Waals surface area contributed by atoms with Crippen LogP contribution >= 0.6 is 11.9 Å². The summed E-state index contributed by atoms with van der Waals surface area (Å²) in [5.41, 5.74) is 2.46. The molecule has 2 fully saturated rings. The molecule has 1 amide bonds. The molecule has 1 unspecified atom stereocenters. The van der Waals surface area contributed by atoms with E-state index in [4.69, 9.17) is 4.74 Å². The van der Waals surface area contributed by atoms with Crippen LogP contribution in [-0.2, 0) is 16.0 Å². The van der Waals surface area contributed by atoms with Crippen LogP contribution in [0.25, 0.3) is 11.1 Å². The molecule has 8 heteroatoms. The van der Waals surface area contributed by atoms with Gasteiger partial charge in [0.1, 0.15) is 18.0 Å². The van der Waals surface area contributed by atoms with E-state index in [0.29, 0.717) is 29.9 Å². The fourth-order valence-electron chi connectivity index (χ4n) is 4.33. The first-order chi connectivity index (χ1) is 15.3. The monoisotopic (exact) mass is 464 g/mol. The second-order valence-corrected chi connectivity index (χ2v) is 9.43. The first-order valence-electron chi connectivity index (χ1n) is 10.8. The average molecular weight is 465 g/mol. The van der Waals surface area contributed by atoms with Gasteiger partial charge in [-0.1, -0.05) is 66.9 Å². The molecule has 172 valence electrons. The third kappa shape index (κ3) is 4.54. The lowest BCUT2D eigenvalue weighted by Gasteiger charge is -2.34. The molecule has 0 aliphatic carbocycles. The number of amides is 1. The number of nitrogens with zero attached hydrogens (tertiary/aromatic N) is 1. The molecule has 2 aliphatic heterocycles. The molecular formula is C24H27F3N2O2S. The second kappa shape index (κ2) is 9.45. The zero-order chi connectivity index (χ0) is 22.9. The van der Waals surface area contributed by atoms with Crippen molar-refractivity contribution in [3.05, 3.63) is 59.4 Å². The molecule has 2 heterocycles. The highest BCUT2D eigenvalue weighted by Gasteiger charge is 2.57. The van der Waals surface area contributed by atoms with Gasteiger partial charge in [-0.15, -0.1) is 0 Å². The molecule has 2 saturated heterocycles. The Hall–Kier alpha value is -2.03. The van der Waals surface area contributed by atoms with E-state index in [-0.39, 0.29) is 6.42 Å². The van der Waals surface area contributed by atoms with Gasteiger partial charge >= 0.3 is 0 Å². The molecule has 2 aromatic carbocycles. The van der Waals surface area contributed by atoms with Gasteiger partial charge in [0.25, 0.3) is 11.8 Å². The van der Waals surface area contributed by atoms with E-state index in [1.807, 2.05) is 38.1 Å². The quantitative estimate of drug-likeness (QED) is 0.608. The summed E-state index contributed by atoms with van der Waals surface area (Å²) in [7, 11) is 0. The number of hydrogen-bond donors (Lipinski definition) is 1. The Morgan fingerprint density at radius 2 is 2.03 bits per heavy atom. The maximum Gasteiger partial charge on any atom is 0.283 e. The molecule has 0 spiro atoms.